The van der Waals surface area contributed by atoms with Crippen LogP contribution in [0.4, 0.5) is 0 Å². The third kappa shape index (κ3) is 3.89. The molecule has 1 fully saturated rings. The van der Waals surface area contributed by atoms with Crippen LogP contribution in [0.5, 0.6) is 0 Å². The van der Waals surface area contributed by atoms with Gasteiger partial charge in [-0.1, -0.05) is 44.2 Å². The standard InChI is InChI=1S/C19H30N2O/c1-14(2)19(3,13-20)21-18(22)17-11-9-16(10-12-17)15-7-5-4-6-8-15/h4-8,14,16-17H,9-13,20H2,1-3H3,(H,21,22). The molecule has 3 N–H and O–H groups in total. The van der Waals surface area contributed by atoms with Crippen LogP contribution < -0.4 is 11.1 Å². The normalized spacial score (nSPS) is 24.8. The van der Waals surface area contributed by atoms with Crippen molar-refractivity contribution in [1.82, 2.24) is 5.32 Å². The molecule has 1 aromatic carbocycles. The number of benzene rings is 1. The molecular formula is C19H30N2O. The van der Waals surface area contributed by atoms with Crippen LogP contribution in [0.15, 0.2) is 30.3 Å². The Morgan fingerprint density at radius 1 is 1.23 bits per heavy atom. The Labute approximate surface area is 134 Å². The molecular weight excluding hydrogens is 272 g/mol. The molecule has 1 unspecified atom stereocenters. The maximum atomic E-state index is 12.6. The summed E-state index contributed by atoms with van der Waals surface area (Å²) < 4.78 is 0. The molecule has 0 aromatic heterocycles. The Balaban J connectivity index is 1.90. The minimum Gasteiger partial charge on any atom is -0.349 e. The molecule has 2 rings (SSSR count). The smallest absolute Gasteiger partial charge is 0.223 e. The molecule has 1 aliphatic rings. The van der Waals surface area contributed by atoms with Crippen molar-refractivity contribution in [1.29, 1.82) is 0 Å². The fourth-order valence-electron chi connectivity index (χ4n) is 3.23. The van der Waals surface area contributed by atoms with Crippen molar-refractivity contribution in [2.45, 2.75) is 57.9 Å². The fourth-order valence-corrected chi connectivity index (χ4v) is 3.23. The average molecular weight is 302 g/mol. The van der Waals surface area contributed by atoms with Gasteiger partial charge in [-0.2, -0.15) is 0 Å². The lowest BCUT2D eigenvalue weighted by Gasteiger charge is -2.36. The summed E-state index contributed by atoms with van der Waals surface area (Å²) in [7, 11) is 0. The van der Waals surface area contributed by atoms with Crippen LogP contribution in [0.2, 0.25) is 0 Å². The average Bonchev–Trinajstić information content (AvgIpc) is 2.55. The van der Waals surface area contributed by atoms with Gasteiger partial charge in [-0.15, -0.1) is 0 Å². The molecule has 3 nitrogen and oxygen atoms in total. The van der Waals surface area contributed by atoms with Crippen molar-refractivity contribution in [3.8, 4) is 0 Å². The van der Waals surface area contributed by atoms with Crippen molar-refractivity contribution in [2.24, 2.45) is 17.6 Å². The number of hydrogen-bond acceptors (Lipinski definition) is 2. The van der Waals surface area contributed by atoms with E-state index in [2.05, 4.69) is 49.5 Å². The summed E-state index contributed by atoms with van der Waals surface area (Å²) in [6.45, 7) is 6.75. The minimum atomic E-state index is -0.298. The molecule has 1 atom stereocenters. The Hall–Kier alpha value is -1.35. The van der Waals surface area contributed by atoms with E-state index in [4.69, 9.17) is 5.73 Å². The molecule has 0 saturated heterocycles. The molecule has 1 aromatic rings. The molecule has 1 aliphatic carbocycles. The van der Waals surface area contributed by atoms with E-state index in [-0.39, 0.29) is 17.4 Å². The predicted octanol–water partition coefficient (Wildman–Crippen LogP) is 3.45. The first-order valence-electron chi connectivity index (χ1n) is 8.53. The van der Waals surface area contributed by atoms with Crippen LogP contribution in [-0.2, 0) is 4.79 Å². The Bertz CT molecular complexity index is 477. The van der Waals surface area contributed by atoms with E-state index < -0.39 is 0 Å². The van der Waals surface area contributed by atoms with Crippen LogP contribution in [0, 0.1) is 11.8 Å². The molecule has 122 valence electrons. The third-order valence-corrected chi connectivity index (χ3v) is 5.48. The number of amides is 1. The Morgan fingerprint density at radius 3 is 2.32 bits per heavy atom. The van der Waals surface area contributed by atoms with Crippen LogP contribution in [0.25, 0.3) is 0 Å². The minimum absolute atomic E-state index is 0.143. The van der Waals surface area contributed by atoms with E-state index in [9.17, 15) is 4.79 Å². The molecule has 3 heteroatoms. The third-order valence-electron chi connectivity index (χ3n) is 5.48. The van der Waals surface area contributed by atoms with Crippen LogP contribution in [0.1, 0.15) is 57.9 Å². The van der Waals surface area contributed by atoms with Gasteiger partial charge in [0.05, 0.1) is 5.54 Å². The fraction of sp³-hybridized carbons (Fsp3) is 0.632. The molecule has 0 radical (unpaired) electrons. The maximum absolute atomic E-state index is 12.6. The van der Waals surface area contributed by atoms with E-state index in [1.165, 1.54) is 5.56 Å². The highest BCUT2D eigenvalue weighted by Gasteiger charge is 2.33. The molecule has 22 heavy (non-hydrogen) atoms. The van der Waals surface area contributed by atoms with Gasteiger partial charge in [-0.05, 0) is 50.0 Å². The quantitative estimate of drug-likeness (QED) is 0.875. The Morgan fingerprint density at radius 2 is 1.82 bits per heavy atom. The largest absolute Gasteiger partial charge is 0.349 e. The van der Waals surface area contributed by atoms with E-state index >= 15 is 0 Å². The summed E-state index contributed by atoms with van der Waals surface area (Å²) in [6.07, 6.45) is 4.15. The lowest BCUT2D eigenvalue weighted by atomic mass is 9.78. The van der Waals surface area contributed by atoms with E-state index in [1.807, 2.05) is 6.92 Å². The van der Waals surface area contributed by atoms with Crippen LogP contribution in [-0.4, -0.2) is 18.0 Å². The van der Waals surface area contributed by atoms with Gasteiger partial charge < -0.3 is 11.1 Å². The first-order valence-corrected chi connectivity index (χ1v) is 8.53. The number of rotatable bonds is 5. The lowest BCUT2D eigenvalue weighted by molar-refractivity contribution is -0.128. The zero-order valence-corrected chi connectivity index (χ0v) is 14.1. The van der Waals surface area contributed by atoms with Crippen molar-refractivity contribution in [3.63, 3.8) is 0 Å². The van der Waals surface area contributed by atoms with Gasteiger partial charge in [-0.25, -0.2) is 0 Å². The number of hydrogen-bond donors (Lipinski definition) is 2. The summed E-state index contributed by atoms with van der Waals surface area (Å²) >= 11 is 0. The van der Waals surface area contributed by atoms with Gasteiger partial charge in [-0.3, -0.25) is 4.79 Å². The van der Waals surface area contributed by atoms with Gasteiger partial charge >= 0.3 is 0 Å². The number of carbonyl (C=O) groups is 1. The maximum Gasteiger partial charge on any atom is 0.223 e. The lowest BCUT2D eigenvalue weighted by Crippen LogP contribution is -2.56. The summed E-state index contributed by atoms with van der Waals surface area (Å²) in [5, 5.41) is 3.20. The van der Waals surface area contributed by atoms with Crippen molar-refractivity contribution in [2.75, 3.05) is 6.54 Å². The van der Waals surface area contributed by atoms with Crippen molar-refractivity contribution >= 4 is 5.91 Å². The van der Waals surface area contributed by atoms with E-state index in [0.29, 0.717) is 18.4 Å². The topological polar surface area (TPSA) is 55.1 Å². The summed E-state index contributed by atoms with van der Waals surface area (Å²) in [5.74, 6) is 1.27. The summed E-state index contributed by atoms with van der Waals surface area (Å²) in [6, 6.07) is 10.7. The Kier molecular flexibility index (Phi) is 5.63. The van der Waals surface area contributed by atoms with Gasteiger partial charge in [0.1, 0.15) is 0 Å². The number of carbonyl (C=O) groups excluding carboxylic acids is 1. The summed E-state index contributed by atoms with van der Waals surface area (Å²) in [5.41, 5.74) is 6.98. The predicted molar refractivity (Wildman–Crippen MR) is 91.6 cm³/mol. The van der Waals surface area contributed by atoms with E-state index in [1.54, 1.807) is 0 Å². The first-order chi connectivity index (χ1) is 10.5. The highest BCUT2D eigenvalue weighted by molar-refractivity contribution is 5.79. The SMILES string of the molecule is CC(C)C(C)(CN)NC(=O)C1CCC(c2ccccc2)CC1. The molecule has 0 spiro atoms. The summed E-state index contributed by atoms with van der Waals surface area (Å²) in [4.78, 5) is 12.6. The van der Waals surface area contributed by atoms with Gasteiger partial charge in [0, 0.05) is 12.5 Å². The molecule has 0 heterocycles. The molecule has 0 aliphatic heterocycles. The monoisotopic (exact) mass is 302 g/mol. The van der Waals surface area contributed by atoms with E-state index in [0.717, 1.165) is 25.7 Å². The first kappa shape index (κ1) is 17.0. The molecule has 0 bridgehead atoms. The number of nitrogens with two attached hydrogens (primary N) is 1. The van der Waals surface area contributed by atoms with Crippen LogP contribution >= 0.6 is 0 Å². The second-order valence-electron chi connectivity index (χ2n) is 7.22. The van der Waals surface area contributed by atoms with Gasteiger partial charge in [0.25, 0.3) is 0 Å². The highest BCUT2D eigenvalue weighted by atomic mass is 16.2. The van der Waals surface area contributed by atoms with Gasteiger partial charge in [0.2, 0.25) is 5.91 Å². The second-order valence-corrected chi connectivity index (χ2v) is 7.22. The van der Waals surface area contributed by atoms with Crippen LogP contribution in [0.3, 0.4) is 0 Å². The van der Waals surface area contributed by atoms with Gasteiger partial charge in [0.15, 0.2) is 0 Å². The van der Waals surface area contributed by atoms with Crippen molar-refractivity contribution in [3.05, 3.63) is 35.9 Å². The zero-order valence-electron chi connectivity index (χ0n) is 14.1. The number of nitrogens with one attached hydrogen (secondary N) is 1. The van der Waals surface area contributed by atoms with Crippen molar-refractivity contribution < 1.29 is 4.79 Å². The second kappa shape index (κ2) is 7.28. The molecule has 1 amide bonds. The zero-order chi connectivity index (χ0) is 16.2. The highest BCUT2D eigenvalue weighted by Crippen LogP contribution is 2.36. The molecule has 1 saturated carbocycles.